The summed E-state index contributed by atoms with van der Waals surface area (Å²) in [6.07, 6.45) is 8.71. The molecule has 19 heavy (non-hydrogen) atoms. The lowest BCUT2D eigenvalue weighted by Crippen LogP contribution is -2.34. The fourth-order valence-electron chi connectivity index (χ4n) is 2.30. The molecule has 0 radical (unpaired) electrons. The Balaban J connectivity index is 1.91. The van der Waals surface area contributed by atoms with Gasteiger partial charge in [-0.25, -0.2) is 0 Å². The second-order valence-corrected chi connectivity index (χ2v) is 4.86. The third kappa shape index (κ3) is 4.24. The summed E-state index contributed by atoms with van der Waals surface area (Å²) in [7, 11) is 1.65. The quantitative estimate of drug-likeness (QED) is 0.710. The zero-order valence-electron chi connectivity index (χ0n) is 11.4. The fraction of sp³-hybridized carbons (Fsp3) is 0.533. The van der Waals surface area contributed by atoms with Gasteiger partial charge in [-0.1, -0.05) is 12.2 Å². The fourth-order valence-corrected chi connectivity index (χ4v) is 2.30. The van der Waals surface area contributed by atoms with Gasteiger partial charge in [0.15, 0.2) is 0 Å². The molecule has 0 aromatic carbocycles. The normalized spacial score (nSPS) is 17.8. The monoisotopic (exact) mass is 263 g/mol. The van der Waals surface area contributed by atoms with Crippen LogP contribution in [0.4, 0.5) is 0 Å². The maximum absolute atomic E-state index is 12.3. The van der Waals surface area contributed by atoms with Crippen LogP contribution >= 0.6 is 0 Å². The van der Waals surface area contributed by atoms with Crippen LogP contribution < -0.4 is 0 Å². The number of nitrogens with zero attached hydrogens (tertiary/aromatic N) is 1. The van der Waals surface area contributed by atoms with Crippen LogP contribution in [-0.4, -0.2) is 31.1 Å². The molecular formula is C15H21NO3. The van der Waals surface area contributed by atoms with Crippen molar-refractivity contribution in [2.75, 3.05) is 20.3 Å². The van der Waals surface area contributed by atoms with E-state index in [1.807, 2.05) is 17.0 Å². The lowest BCUT2D eigenvalue weighted by atomic mass is 10.0. The molecule has 1 aliphatic rings. The Morgan fingerprint density at radius 3 is 3.11 bits per heavy atom. The molecule has 104 valence electrons. The Morgan fingerprint density at radius 1 is 1.58 bits per heavy atom. The van der Waals surface area contributed by atoms with Crippen molar-refractivity contribution in [1.82, 2.24) is 4.90 Å². The Kier molecular flexibility index (Phi) is 5.21. The molecule has 2 rings (SSSR count). The molecule has 0 N–H and O–H groups in total. The maximum atomic E-state index is 12.3. The number of hydrogen-bond acceptors (Lipinski definition) is 3. The summed E-state index contributed by atoms with van der Waals surface area (Å²) in [6.45, 7) is 1.67. The average Bonchev–Trinajstić information content (AvgIpc) is 3.07. The summed E-state index contributed by atoms with van der Waals surface area (Å²) >= 11 is 0. The minimum atomic E-state index is 0.171. The zero-order chi connectivity index (χ0) is 13.5. The second-order valence-electron chi connectivity index (χ2n) is 4.86. The summed E-state index contributed by atoms with van der Waals surface area (Å²) in [5.41, 5.74) is 0. The number of hydrogen-bond donors (Lipinski definition) is 0. The van der Waals surface area contributed by atoms with E-state index in [0.29, 0.717) is 32.0 Å². The van der Waals surface area contributed by atoms with Crippen molar-refractivity contribution in [1.29, 1.82) is 0 Å². The number of methoxy groups -OCH3 is 1. The maximum Gasteiger partial charge on any atom is 0.223 e. The van der Waals surface area contributed by atoms with Crippen LogP contribution in [0.5, 0.6) is 0 Å². The first-order valence-corrected chi connectivity index (χ1v) is 6.75. The molecule has 4 heteroatoms. The molecule has 0 saturated carbocycles. The van der Waals surface area contributed by atoms with E-state index in [1.54, 1.807) is 13.4 Å². The summed E-state index contributed by atoms with van der Waals surface area (Å²) in [4.78, 5) is 14.1. The van der Waals surface area contributed by atoms with Gasteiger partial charge in [-0.2, -0.15) is 0 Å². The van der Waals surface area contributed by atoms with E-state index in [0.717, 1.165) is 18.6 Å². The van der Waals surface area contributed by atoms with Gasteiger partial charge in [-0.05, 0) is 30.9 Å². The minimum absolute atomic E-state index is 0.171. The van der Waals surface area contributed by atoms with E-state index < -0.39 is 0 Å². The van der Waals surface area contributed by atoms with Gasteiger partial charge in [0.05, 0.1) is 19.4 Å². The number of allylic oxidation sites excluding steroid dienone is 2. The lowest BCUT2D eigenvalue weighted by molar-refractivity contribution is -0.133. The Labute approximate surface area is 114 Å². The number of furan rings is 1. The van der Waals surface area contributed by atoms with Gasteiger partial charge in [0.25, 0.3) is 0 Å². The predicted octanol–water partition coefficient (Wildman–Crippen LogP) is 2.61. The Hall–Kier alpha value is -1.55. The van der Waals surface area contributed by atoms with Crippen molar-refractivity contribution >= 4 is 5.91 Å². The van der Waals surface area contributed by atoms with Crippen molar-refractivity contribution in [3.63, 3.8) is 0 Å². The zero-order valence-corrected chi connectivity index (χ0v) is 11.4. The van der Waals surface area contributed by atoms with E-state index >= 15 is 0 Å². The molecular weight excluding hydrogens is 242 g/mol. The number of amides is 1. The molecule has 0 spiro atoms. The summed E-state index contributed by atoms with van der Waals surface area (Å²) in [5, 5.41) is 0. The molecule has 0 unspecified atom stereocenters. The molecule has 1 aromatic rings. The van der Waals surface area contributed by atoms with Crippen LogP contribution in [0, 0.1) is 5.92 Å². The van der Waals surface area contributed by atoms with Crippen molar-refractivity contribution < 1.29 is 13.9 Å². The van der Waals surface area contributed by atoms with Crippen LogP contribution in [-0.2, 0) is 16.1 Å². The third-order valence-electron chi connectivity index (χ3n) is 3.39. The van der Waals surface area contributed by atoms with Crippen molar-refractivity contribution in [3.8, 4) is 0 Å². The van der Waals surface area contributed by atoms with Gasteiger partial charge in [0, 0.05) is 20.1 Å². The number of carbonyl (C=O) groups is 1. The molecule has 0 fully saturated rings. The van der Waals surface area contributed by atoms with E-state index in [-0.39, 0.29) is 5.91 Å². The molecule has 0 saturated heterocycles. The van der Waals surface area contributed by atoms with E-state index in [1.165, 1.54) is 0 Å². The summed E-state index contributed by atoms with van der Waals surface area (Å²) < 4.78 is 10.4. The predicted molar refractivity (Wildman–Crippen MR) is 72.5 cm³/mol. The molecule has 1 aromatic heterocycles. The van der Waals surface area contributed by atoms with Crippen LogP contribution in [0.25, 0.3) is 0 Å². The van der Waals surface area contributed by atoms with Crippen LogP contribution in [0.2, 0.25) is 0 Å². The number of rotatable bonds is 7. The minimum Gasteiger partial charge on any atom is -0.467 e. The van der Waals surface area contributed by atoms with Crippen molar-refractivity contribution in [3.05, 3.63) is 36.3 Å². The topological polar surface area (TPSA) is 42.7 Å². The molecule has 0 bridgehead atoms. The van der Waals surface area contributed by atoms with E-state index in [4.69, 9.17) is 9.15 Å². The first-order chi connectivity index (χ1) is 9.29. The van der Waals surface area contributed by atoms with Crippen LogP contribution in [0.3, 0.4) is 0 Å². The van der Waals surface area contributed by atoms with Crippen LogP contribution in [0.15, 0.2) is 35.0 Å². The van der Waals surface area contributed by atoms with Crippen molar-refractivity contribution in [2.45, 2.75) is 25.8 Å². The van der Waals surface area contributed by atoms with Crippen LogP contribution in [0.1, 0.15) is 25.0 Å². The molecule has 1 atom stereocenters. The highest BCUT2D eigenvalue weighted by Gasteiger charge is 2.20. The molecule has 4 nitrogen and oxygen atoms in total. The largest absolute Gasteiger partial charge is 0.467 e. The first kappa shape index (κ1) is 13.9. The van der Waals surface area contributed by atoms with Gasteiger partial charge in [-0.15, -0.1) is 0 Å². The van der Waals surface area contributed by atoms with Crippen molar-refractivity contribution in [2.24, 2.45) is 5.92 Å². The average molecular weight is 263 g/mol. The SMILES string of the molecule is COCCN(Cc1ccco1)C(=O)C[C@H]1C=CCC1. The highest BCUT2D eigenvalue weighted by Crippen LogP contribution is 2.21. The van der Waals surface area contributed by atoms with Gasteiger partial charge in [0.2, 0.25) is 5.91 Å². The molecule has 1 heterocycles. The third-order valence-corrected chi connectivity index (χ3v) is 3.39. The summed E-state index contributed by atoms with van der Waals surface area (Å²) in [5.74, 6) is 1.38. The summed E-state index contributed by atoms with van der Waals surface area (Å²) in [6, 6.07) is 3.73. The van der Waals surface area contributed by atoms with E-state index in [2.05, 4.69) is 12.2 Å². The van der Waals surface area contributed by atoms with Gasteiger partial charge in [0.1, 0.15) is 5.76 Å². The molecule has 0 aliphatic heterocycles. The van der Waals surface area contributed by atoms with Gasteiger partial charge >= 0.3 is 0 Å². The van der Waals surface area contributed by atoms with Gasteiger partial charge < -0.3 is 14.1 Å². The lowest BCUT2D eigenvalue weighted by Gasteiger charge is -2.22. The highest BCUT2D eigenvalue weighted by molar-refractivity contribution is 5.76. The number of ether oxygens (including phenoxy) is 1. The molecule has 1 amide bonds. The second kappa shape index (κ2) is 7.14. The standard InChI is InChI=1S/C15H21NO3/c1-18-10-8-16(12-14-7-4-9-19-14)15(17)11-13-5-2-3-6-13/h2,4-5,7,9,13H,3,6,8,10-12H2,1H3/t13-/m0/s1. The molecule has 1 aliphatic carbocycles. The Morgan fingerprint density at radius 2 is 2.47 bits per heavy atom. The Bertz CT molecular complexity index is 411. The van der Waals surface area contributed by atoms with E-state index in [9.17, 15) is 4.79 Å². The number of carbonyl (C=O) groups excluding carboxylic acids is 1. The highest BCUT2D eigenvalue weighted by atomic mass is 16.5. The first-order valence-electron chi connectivity index (χ1n) is 6.75. The van der Waals surface area contributed by atoms with Gasteiger partial charge in [-0.3, -0.25) is 4.79 Å². The smallest absolute Gasteiger partial charge is 0.223 e.